The monoisotopic (exact) mass is 644 g/mol. The molecule has 7 nitrogen and oxygen atoms in total. The van der Waals surface area contributed by atoms with Crippen LogP contribution in [0.25, 0.3) is 0 Å². The van der Waals surface area contributed by atoms with E-state index in [1.54, 1.807) is 41.5 Å². The molecule has 0 aromatic heterocycles. The Morgan fingerprint density at radius 1 is 0.944 bits per heavy atom. The van der Waals surface area contributed by atoms with Gasteiger partial charge in [-0.25, -0.2) is 18.0 Å². The Bertz CT molecular complexity index is 943. The summed E-state index contributed by atoms with van der Waals surface area (Å²) in [5, 5.41) is 2.99. The number of alkyl halides is 2. The first-order chi connectivity index (χ1) is 16.5. The average molecular weight is 646 g/mol. The van der Waals surface area contributed by atoms with Crippen LogP contribution in [-0.4, -0.2) is 58.8 Å². The molecule has 1 rings (SSSR count). The Balaban J connectivity index is 3.24. The molecular formula is C24H33Br2F3N2O5. The van der Waals surface area contributed by atoms with Gasteiger partial charge in [-0.1, -0.05) is 31.9 Å². The maximum absolute atomic E-state index is 14.9. The Morgan fingerprint density at radius 3 is 1.94 bits per heavy atom. The number of anilines is 1. The van der Waals surface area contributed by atoms with Gasteiger partial charge in [0.25, 0.3) is 5.91 Å². The third kappa shape index (κ3) is 10.3. The number of hydrogen-bond acceptors (Lipinski definition) is 6. The average Bonchev–Trinajstić information content (AvgIpc) is 2.71. The number of rotatable bonds is 11. The van der Waals surface area contributed by atoms with Crippen LogP contribution < -0.4 is 10.2 Å². The van der Waals surface area contributed by atoms with Crippen molar-refractivity contribution in [1.82, 2.24) is 5.32 Å². The fourth-order valence-electron chi connectivity index (χ4n) is 3.09. The van der Waals surface area contributed by atoms with E-state index in [2.05, 4.69) is 37.2 Å². The highest BCUT2D eigenvalue weighted by molar-refractivity contribution is 9.09. The van der Waals surface area contributed by atoms with E-state index in [0.717, 1.165) is 0 Å². The number of hydrogen-bond donors (Lipinski definition) is 1. The molecule has 1 amide bonds. The molecule has 0 aliphatic heterocycles. The molecule has 1 aromatic carbocycles. The van der Waals surface area contributed by atoms with Crippen molar-refractivity contribution in [3.8, 4) is 0 Å². The highest BCUT2D eigenvalue weighted by Crippen LogP contribution is 2.29. The quantitative estimate of drug-likeness (QED) is 0.201. The summed E-state index contributed by atoms with van der Waals surface area (Å²) in [6.07, 6.45) is -0.496. The summed E-state index contributed by atoms with van der Waals surface area (Å²) in [5.41, 5.74) is -3.21. The normalized spacial score (nSPS) is 12.6. The van der Waals surface area contributed by atoms with Crippen LogP contribution in [0.4, 0.5) is 18.9 Å². The van der Waals surface area contributed by atoms with E-state index < -0.39 is 63.8 Å². The first-order valence-electron chi connectivity index (χ1n) is 11.3. The summed E-state index contributed by atoms with van der Waals surface area (Å²) in [6.45, 7) is 10.2. The second-order valence-electron chi connectivity index (χ2n) is 9.93. The summed E-state index contributed by atoms with van der Waals surface area (Å²) in [7, 11) is 0. The Kier molecular flexibility index (Phi) is 12.2. The van der Waals surface area contributed by atoms with Gasteiger partial charge in [0.1, 0.15) is 22.9 Å². The highest BCUT2D eigenvalue weighted by atomic mass is 79.9. The number of esters is 2. The van der Waals surface area contributed by atoms with Crippen LogP contribution in [0, 0.1) is 17.5 Å². The van der Waals surface area contributed by atoms with Crippen LogP contribution in [0.5, 0.6) is 0 Å². The molecule has 12 heteroatoms. The summed E-state index contributed by atoms with van der Waals surface area (Å²) in [6, 6.07) is -0.814. The second-order valence-corrected chi connectivity index (χ2v) is 11.5. The summed E-state index contributed by atoms with van der Waals surface area (Å²) >= 11 is 6.38. The van der Waals surface area contributed by atoms with Crippen LogP contribution in [0.2, 0.25) is 0 Å². The summed E-state index contributed by atoms with van der Waals surface area (Å²) < 4.78 is 55.2. The molecule has 1 unspecified atom stereocenters. The Hall–Kier alpha value is -1.82. The number of nitrogens with one attached hydrogen (secondary N) is 1. The summed E-state index contributed by atoms with van der Waals surface area (Å²) in [5.74, 6) is -6.97. The van der Waals surface area contributed by atoms with Gasteiger partial charge in [-0.3, -0.25) is 9.59 Å². The number of ether oxygens (including phenoxy) is 2. The minimum atomic E-state index is -1.56. The number of halogens is 5. The molecule has 1 atom stereocenters. The molecule has 0 aliphatic rings. The largest absolute Gasteiger partial charge is 0.460 e. The fraction of sp³-hybridized carbons (Fsp3) is 0.625. The molecule has 0 saturated heterocycles. The molecule has 0 spiro atoms. The van der Waals surface area contributed by atoms with Gasteiger partial charge in [0.15, 0.2) is 17.5 Å². The van der Waals surface area contributed by atoms with Gasteiger partial charge in [-0.2, -0.15) is 0 Å². The molecule has 0 radical (unpaired) electrons. The van der Waals surface area contributed by atoms with E-state index >= 15 is 0 Å². The molecule has 0 fully saturated rings. The molecule has 0 bridgehead atoms. The molecule has 1 N–H and O–H groups in total. The standard InChI is InChI=1S/C24H33Br2F3N2O5/c1-23(2,3)35-17(32)8-7-16(22(34)36-24(4,5)6)30-21(33)14-13-15(27)20(19(29)18(14)28)31(11-9-25)12-10-26/h13,16H,7-12H2,1-6H3,(H,30,33). The van der Waals surface area contributed by atoms with Gasteiger partial charge in [-0.05, 0) is 54.0 Å². The van der Waals surface area contributed by atoms with Crippen LogP contribution >= 0.6 is 31.9 Å². The second kappa shape index (κ2) is 13.6. The number of carbonyl (C=O) groups excluding carboxylic acids is 3. The third-order valence-corrected chi connectivity index (χ3v) is 5.17. The molecule has 0 heterocycles. The van der Waals surface area contributed by atoms with E-state index in [4.69, 9.17) is 9.47 Å². The van der Waals surface area contributed by atoms with Gasteiger partial charge in [-0.15, -0.1) is 0 Å². The van der Waals surface area contributed by atoms with Crippen molar-refractivity contribution in [3.05, 3.63) is 29.1 Å². The predicted octanol–water partition coefficient (Wildman–Crippen LogP) is 5.26. The van der Waals surface area contributed by atoms with Crippen molar-refractivity contribution >= 4 is 55.4 Å². The van der Waals surface area contributed by atoms with Gasteiger partial charge in [0.2, 0.25) is 0 Å². The zero-order chi connectivity index (χ0) is 27.8. The smallest absolute Gasteiger partial charge is 0.329 e. The molecular weight excluding hydrogens is 613 g/mol. The lowest BCUT2D eigenvalue weighted by molar-refractivity contribution is -0.158. The maximum Gasteiger partial charge on any atom is 0.329 e. The number of benzene rings is 1. The molecule has 204 valence electrons. The molecule has 0 saturated carbocycles. The number of carbonyl (C=O) groups is 3. The van der Waals surface area contributed by atoms with Crippen LogP contribution in [0.15, 0.2) is 6.07 Å². The Morgan fingerprint density at radius 2 is 1.47 bits per heavy atom. The third-order valence-electron chi connectivity index (χ3n) is 4.46. The van der Waals surface area contributed by atoms with Crippen LogP contribution in [-0.2, 0) is 19.1 Å². The van der Waals surface area contributed by atoms with Gasteiger partial charge < -0.3 is 19.7 Å². The van der Waals surface area contributed by atoms with E-state index in [0.29, 0.717) is 16.7 Å². The SMILES string of the molecule is CC(C)(C)OC(=O)CCC(NC(=O)c1cc(F)c(N(CCBr)CCBr)c(F)c1F)C(=O)OC(C)(C)C. The minimum Gasteiger partial charge on any atom is -0.460 e. The van der Waals surface area contributed by atoms with E-state index in [1.165, 1.54) is 4.90 Å². The highest BCUT2D eigenvalue weighted by Gasteiger charge is 2.31. The van der Waals surface area contributed by atoms with Gasteiger partial charge in [0, 0.05) is 30.2 Å². The first kappa shape index (κ1) is 32.2. The van der Waals surface area contributed by atoms with Crippen molar-refractivity contribution in [1.29, 1.82) is 0 Å². The maximum atomic E-state index is 14.9. The fourth-order valence-corrected chi connectivity index (χ4v) is 3.95. The lowest BCUT2D eigenvalue weighted by Crippen LogP contribution is -2.45. The minimum absolute atomic E-state index is 0.190. The van der Waals surface area contributed by atoms with E-state index in [9.17, 15) is 27.6 Å². The topological polar surface area (TPSA) is 84.9 Å². The Labute approximate surface area is 226 Å². The van der Waals surface area contributed by atoms with Crippen molar-refractivity contribution in [2.24, 2.45) is 0 Å². The van der Waals surface area contributed by atoms with E-state index in [-0.39, 0.29) is 25.9 Å². The lowest BCUT2D eigenvalue weighted by Gasteiger charge is -2.26. The predicted molar refractivity (Wildman–Crippen MR) is 138 cm³/mol. The summed E-state index contributed by atoms with van der Waals surface area (Å²) in [4.78, 5) is 38.9. The van der Waals surface area contributed by atoms with E-state index in [1.807, 2.05) is 0 Å². The van der Waals surface area contributed by atoms with Gasteiger partial charge >= 0.3 is 11.9 Å². The molecule has 1 aromatic rings. The number of amides is 1. The van der Waals surface area contributed by atoms with Crippen molar-refractivity contribution < 1.29 is 37.0 Å². The van der Waals surface area contributed by atoms with Crippen LogP contribution in [0.3, 0.4) is 0 Å². The van der Waals surface area contributed by atoms with Crippen molar-refractivity contribution in [3.63, 3.8) is 0 Å². The molecule has 36 heavy (non-hydrogen) atoms. The lowest BCUT2D eigenvalue weighted by atomic mass is 10.1. The number of nitrogens with zero attached hydrogens (tertiary/aromatic N) is 1. The zero-order valence-electron chi connectivity index (χ0n) is 21.3. The van der Waals surface area contributed by atoms with Crippen molar-refractivity contribution in [2.45, 2.75) is 71.6 Å². The van der Waals surface area contributed by atoms with Crippen LogP contribution in [0.1, 0.15) is 64.7 Å². The zero-order valence-corrected chi connectivity index (χ0v) is 24.4. The van der Waals surface area contributed by atoms with Gasteiger partial charge in [0.05, 0.1) is 5.56 Å². The van der Waals surface area contributed by atoms with Crippen molar-refractivity contribution in [2.75, 3.05) is 28.6 Å². The molecule has 0 aliphatic carbocycles. The first-order valence-corrected chi connectivity index (χ1v) is 13.5.